The second-order valence-electron chi connectivity index (χ2n) is 9.43. The van der Waals surface area contributed by atoms with Crippen molar-refractivity contribution in [3.63, 3.8) is 0 Å². The summed E-state index contributed by atoms with van der Waals surface area (Å²) in [4.78, 5) is 27.0. The van der Waals surface area contributed by atoms with E-state index in [4.69, 9.17) is 5.21 Å². The van der Waals surface area contributed by atoms with Crippen molar-refractivity contribution in [2.45, 2.75) is 46.0 Å². The molecule has 2 aromatic rings. The van der Waals surface area contributed by atoms with Gasteiger partial charge in [-0.05, 0) is 86.1 Å². The lowest BCUT2D eigenvalue weighted by atomic mass is 9.79. The molecule has 32 heavy (non-hydrogen) atoms. The number of carbonyl (C=O) groups excluding carboxylic acids is 2. The molecular formula is C26H33N3O3. The third-order valence-corrected chi connectivity index (χ3v) is 7.35. The molecule has 0 saturated carbocycles. The number of fused-ring (bicyclic) bond motifs is 1. The molecule has 2 aliphatic rings. The van der Waals surface area contributed by atoms with Crippen molar-refractivity contribution in [3.05, 3.63) is 53.6 Å². The molecule has 1 fully saturated rings. The standard InChI is InChI=1S/C26H33N3O3/c1-3-29-14-12-26(2,13-15-29)25(31)27-23-10-8-18(9-11-23)19-4-5-21-17-22(24(30)28-32)7-6-20(21)16-19/h4-5,8-11,16,22,32H,3,6-7,12-15,17H2,1-2H3,(H,27,31)(H,28,30). The zero-order chi connectivity index (χ0) is 22.7. The molecule has 1 heterocycles. The molecular weight excluding hydrogens is 402 g/mol. The van der Waals surface area contributed by atoms with Crippen molar-refractivity contribution >= 4 is 17.5 Å². The molecule has 170 valence electrons. The number of hydrogen-bond acceptors (Lipinski definition) is 4. The molecule has 0 radical (unpaired) electrons. The normalized spacial score (nSPS) is 20.3. The smallest absolute Gasteiger partial charge is 0.246 e. The van der Waals surface area contributed by atoms with Gasteiger partial charge in [-0.15, -0.1) is 0 Å². The molecule has 2 aromatic carbocycles. The van der Waals surface area contributed by atoms with Crippen LogP contribution in [0, 0.1) is 11.3 Å². The number of benzene rings is 2. The quantitative estimate of drug-likeness (QED) is 0.489. The van der Waals surface area contributed by atoms with Gasteiger partial charge >= 0.3 is 0 Å². The zero-order valence-electron chi connectivity index (χ0n) is 19.0. The maximum absolute atomic E-state index is 12.9. The molecule has 6 heteroatoms. The van der Waals surface area contributed by atoms with Crippen LogP contribution in [0.2, 0.25) is 0 Å². The molecule has 1 aliphatic heterocycles. The first-order valence-electron chi connectivity index (χ1n) is 11.6. The summed E-state index contributed by atoms with van der Waals surface area (Å²) < 4.78 is 0. The van der Waals surface area contributed by atoms with E-state index in [2.05, 4.69) is 42.3 Å². The number of nitrogens with zero attached hydrogens (tertiary/aromatic N) is 1. The van der Waals surface area contributed by atoms with Gasteiger partial charge in [-0.1, -0.05) is 44.2 Å². The van der Waals surface area contributed by atoms with Crippen molar-refractivity contribution in [2.75, 3.05) is 25.0 Å². The van der Waals surface area contributed by atoms with E-state index in [1.165, 1.54) is 11.1 Å². The Morgan fingerprint density at radius 2 is 1.75 bits per heavy atom. The summed E-state index contributed by atoms with van der Waals surface area (Å²) >= 11 is 0. The van der Waals surface area contributed by atoms with Crippen LogP contribution in [0.4, 0.5) is 5.69 Å². The Hall–Kier alpha value is -2.70. The fourth-order valence-corrected chi connectivity index (χ4v) is 4.87. The fourth-order valence-electron chi connectivity index (χ4n) is 4.87. The molecule has 0 spiro atoms. The summed E-state index contributed by atoms with van der Waals surface area (Å²) in [6.07, 6.45) is 4.00. The third kappa shape index (κ3) is 4.71. The Kier molecular flexibility index (Phi) is 6.63. The molecule has 0 bridgehead atoms. The largest absolute Gasteiger partial charge is 0.326 e. The molecule has 1 atom stereocenters. The Morgan fingerprint density at radius 1 is 1.06 bits per heavy atom. The van der Waals surface area contributed by atoms with Gasteiger partial charge in [0.2, 0.25) is 11.8 Å². The molecule has 4 rings (SSSR count). The van der Waals surface area contributed by atoms with Crippen LogP contribution in [-0.2, 0) is 22.4 Å². The number of nitrogens with one attached hydrogen (secondary N) is 2. The monoisotopic (exact) mass is 435 g/mol. The second kappa shape index (κ2) is 9.43. The third-order valence-electron chi connectivity index (χ3n) is 7.35. The number of hydroxylamine groups is 1. The van der Waals surface area contributed by atoms with Gasteiger partial charge in [0.15, 0.2) is 0 Å². The predicted octanol–water partition coefficient (Wildman–Crippen LogP) is 4.02. The van der Waals surface area contributed by atoms with Crippen molar-refractivity contribution in [1.82, 2.24) is 10.4 Å². The van der Waals surface area contributed by atoms with E-state index in [0.29, 0.717) is 6.42 Å². The number of piperidine rings is 1. The Labute approximate surface area is 190 Å². The van der Waals surface area contributed by atoms with Gasteiger partial charge in [0.05, 0.1) is 0 Å². The molecule has 3 N–H and O–H groups in total. The lowest BCUT2D eigenvalue weighted by Gasteiger charge is -2.37. The summed E-state index contributed by atoms with van der Waals surface area (Å²) in [7, 11) is 0. The summed E-state index contributed by atoms with van der Waals surface area (Å²) in [5, 5.41) is 12.0. The Morgan fingerprint density at radius 3 is 2.41 bits per heavy atom. The number of amides is 2. The highest BCUT2D eigenvalue weighted by atomic mass is 16.5. The van der Waals surface area contributed by atoms with Crippen molar-refractivity contribution in [3.8, 4) is 11.1 Å². The average molecular weight is 436 g/mol. The first kappa shape index (κ1) is 22.5. The minimum atomic E-state index is -0.312. The molecule has 0 aromatic heterocycles. The highest BCUT2D eigenvalue weighted by Gasteiger charge is 2.36. The summed E-state index contributed by atoms with van der Waals surface area (Å²) in [5.74, 6) is -0.365. The van der Waals surface area contributed by atoms with Crippen LogP contribution >= 0.6 is 0 Å². The van der Waals surface area contributed by atoms with E-state index >= 15 is 0 Å². The molecule has 2 amide bonds. The van der Waals surface area contributed by atoms with Crippen LogP contribution in [0.1, 0.15) is 44.2 Å². The number of aryl methyl sites for hydroxylation is 1. The van der Waals surface area contributed by atoms with Gasteiger partial charge in [0, 0.05) is 17.0 Å². The van der Waals surface area contributed by atoms with Gasteiger partial charge in [0.25, 0.3) is 0 Å². The SMILES string of the molecule is CCN1CCC(C)(C(=O)Nc2ccc(-c3ccc4c(c3)CCC(C(=O)NO)C4)cc2)CC1. The molecule has 1 unspecified atom stereocenters. The highest BCUT2D eigenvalue weighted by Crippen LogP contribution is 2.33. The topological polar surface area (TPSA) is 81.7 Å². The van der Waals surface area contributed by atoms with Crippen LogP contribution in [0.5, 0.6) is 0 Å². The van der Waals surface area contributed by atoms with Gasteiger partial charge in [0.1, 0.15) is 0 Å². The van der Waals surface area contributed by atoms with Crippen LogP contribution in [0.25, 0.3) is 11.1 Å². The maximum atomic E-state index is 12.9. The molecule has 6 nitrogen and oxygen atoms in total. The number of rotatable bonds is 5. The fraction of sp³-hybridized carbons (Fsp3) is 0.462. The zero-order valence-corrected chi connectivity index (χ0v) is 19.0. The van der Waals surface area contributed by atoms with Crippen molar-refractivity contribution in [2.24, 2.45) is 11.3 Å². The van der Waals surface area contributed by atoms with Gasteiger partial charge in [-0.3, -0.25) is 14.8 Å². The highest BCUT2D eigenvalue weighted by molar-refractivity contribution is 5.95. The van der Waals surface area contributed by atoms with E-state index in [9.17, 15) is 9.59 Å². The van der Waals surface area contributed by atoms with E-state index in [1.807, 2.05) is 24.3 Å². The van der Waals surface area contributed by atoms with Crippen molar-refractivity contribution in [1.29, 1.82) is 0 Å². The van der Waals surface area contributed by atoms with Gasteiger partial charge < -0.3 is 10.2 Å². The van der Waals surface area contributed by atoms with Crippen LogP contribution in [-0.4, -0.2) is 41.6 Å². The Bertz CT molecular complexity index is 978. The lowest BCUT2D eigenvalue weighted by molar-refractivity contribution is -0.133. The van der Waals surface area contributed by atoms with Crippen LogP contribution < -0.4 is 10.8 Å². The first-order chi connectivity index (χ1) is 15.4. The van der Waals surface area contributed by atoms with Crippen LogP contribution in [0.3, 0.4) is 0 Å². The predicted molar refractivity (Wildman–Crippen MR) is 125 cm³/mol. The van der Waals surface area contributed by atoms with E-state index < -0.39 is 0 Å². The molecule has 1 saturated heterocycles. The number of carbonyl (C=O) groups is 2. The Balaban J connectivity index is 1.41. The second-order valence-corrected chi connectivity index (χ2v) is 9.43. The van der Waals surface area contributed by atoms with Gasteiger partial charge in [-0.2, -0.15) is 0 Å². The van der Waals surface area contributed by atoms with Crippen LogP contribution in [0.15, 0.2) is 42.5 Å². The number of anilines is 1. The summed E-state index contributed by atoms with van der Waals surface area (Å²) in [5.41, 5.74) is 6.95. The summed E-state index contributed by atoms with van der Waals surface area (Å²) in [6.45, 7) is 7.23. The van der Waals surface area contributed by atoms with E-state index in [-0.39, 0.29) is 23.1 Å². The van der Waals surface area contributed by atoms with Gasteiger partial charge in [-0.25, -0.2) is 5.48 Å². The minimum absolute atomic E-state index is 0.108. The first-order valence-corrected chi connectivity index (χ1v) is 11.6. The lowest BCUT2D eigenvalue weighted by Crippen LogP contribution is -2.44. The summed E-state index contributed by atoms with van der Waals surface area (Å²) in [6, 6.07) is 14.4. The number of hydrogen-bond donors (Lipinski definition) is 3. The maximum Gasteiger partial charge on any atom is 0.246 e. The average Bonchev–Trinajstić information content (AvgIpc) is 2.83. The molecule has 1 aliphatic carbocycles. The minimum Gasteiger partial charge on any atom is -0.326 e. The van der Waals surface area contributed by atoms with Crippen molar-refractivity contribution < 1.29 is 14.8 Å². The van der Waals surface area contributed by atoms with E-state index in [1.54, 1.807) is 5.48 Å². The van der Waals surface area contributed by atoms with E-state index in [0.717, 1.165) is 62.1 Å². The number of likely N-dealkylation sites (tertiary alicyclic amines) is 1.